The van der Waals surface area contributed by atoms with Gasteiger partial charge in [0.25, 0.3) is 0 Å². The second-order valence-corrected chi connectivity index (χ2v) is 16.2. The van der Waals surface area contributed by atoms with Gasteiger partial charge in [-0.05, 0) is 69.4 Å². The van der Waals surface area contributed by atoms with Gasteiger partial charge in [0.1, 0.15) is 0 Å². The molecule has 0 fully saturated rings. The van der Waals surface area contributed by atoms with Gasteiger partial charge in [0.15, 0.2) is 0 Å². The van der Waals surface area contributed by atoms with Crippen molar-refractivity contribution in [3.05, 3.63) is 157 Å². The summed E-state index contributed by atoms with van der Waals surface area (Å²) in [4.78, 5) is 12.1. The molecule has 236 valence electrons. The van der Waals surface area contributed by atoms with E-state index in [0.29, 0.717) is 0 Å². The topological polar surface area (TPSA) is 25.8 Å². The fraction of sp³-hybridized carbons (Fsp3) is 0. The Kier molecular flexibility index (Phi) is 7.28. The van der Waals surface area contributed by atoms with Crippen molar-refractivity contribution in [1.82, 2.24) is 9.97 Å². The van der Waals surface area contributed by atoms with E-state index in [4.69, 9.17) is 9.97 Å². The minimum Gasteiger partial charge on any atom is -0.255 e. The predicted octanol–water partition coefficient (Wildman–Crippen LogP) is 14.2. The van der Waals surface area contributed by atoms with Gasteiger partial charge in [0.05, 0.1) is 21.1 Å². The van der Waals surface area contributed by atoms with Crippen LogP contribution in [-0.2, 0) is 0 Å². The van der Waals surface area contributed by atoms with Gasteiger partial charge in [-0.1, -0.05) is 97.1 Å². The van der Waals surface area contributed by atoms with Gasteiger partial charge >= 0.3 is 0 Å². The largest absolute Gasteiger partial charge is 0.255 e. The normalized spacial score (nSPS) is 11.6. The van der Waals surface area contributed by atoms with Crippen LogP contribution in [0.25, 0.3) is 95.2 Å². The number of fused-ring (bicyclic) bond motifs is 3. The minimum atomic E-state index is 1.01. The summed E-state index contributed by atoms with van der Waals surface area (Å²) < 4.78 is 5.18. The second-order valence-electron chi connectivity index (χ2n) is 12.3. The summed E-state index contributed by atoms with van der Waals surface area (Å²) in [5.41, 5.74) is 11.7. The quantitative estimate of drug-likeness (QED) is 0.172. The zero-order chi connectivity index (χ0) is 33.0. The van der Waals surface area contributed by atoms with Crippen molar-refractivity contribution in [3.8, 4) is 65.6 Å². The first-order valence-electron chi connectivity index (χ1n) is 16.3. The van der Waals surface area contributed by atoms with Crippen molar-refractivity contribution in [2.24, 2.45) is 0 Å². The van der Waals surface area contributed by atoms with Crippen LogP contribution in [0.3, 0.4) is 0 Å². The van der Waals surface area contributed by atoms with Crippen LogP contribution >= 0.6 is 45.3 Å². The third-order valence-electron chi connectivity index (χ3n) is 9.26. The molecule has 4 aromatic carbocycles. The lowest BCUT2D eigenvalue weighted by Crippen LogP contribution is -1.84. The Balaban J connectivity index is 0.839. The molecule has 50 heavy (non-hydrogen) atoms. The monoisotopic (exact) mass is 710 g/mol. The van der Waals surface area contributed by atoms with E-state index in [-0.39, 0.29) is 0 Å². The summed E-state index contributed by atoms with van der Waals surface area (Å²) in [7, 11) is 0. The number of pyridine rings is 2. The minimum absolute atomic E-state index is 1.01. The smallest absolute Gasteiger partial charge is 0.0802 e. The lowest BCUT2D eigenvalue weighted by Gasteiger charge is -2.05. The van der Waals surface area contributed by atoms with E-state index < -0.39 is 0 Å². The molecule has 0 radical (unpaired) electrons. The van der Waals surface area contributed by atoms with Gasteiger partial charge in [-0.3, -0.25) is 9.97 Å². The van der Waals surface area contributed by atoms with E-state index in [1.807, 2.05) is 12.4 Å². The molecule has 10 rings (SSSR count). The fourth-order valence-electron chi connectivity index (χ4n) is 6.60. The molecule has 0 atom stereocenters. The third kappa shape index (κ3) is 5.29. The standard InChI is InChI=1S/C44H26N2S4/c1-3-7-39-33(5-1)35(25-47-39)29-13-9-27(10-14-29)31-17-19-37(45-23-31)41-21-43-44(49-41)22-42(50-43)38-20-18-32(24-46-38)28-11-15-30(16-12-28)36-26-48-40-8-4-2-6-34(36)40/h1-26H. The molecule has 6 heterocycles. The Morgan fingerprint density at radius 1 is 0.360 bits per heavy atom. The molecular formula is C44H26N2S4. The average Bonchev–Trinajstić information content (AvgIpc) is 3.98. The van der Waals surface area contributed by atoms with Gasteiger partial charge in [0, 0.05) is 64.2 Å². The van der Waals surface area contributed by atoms with Gasteiger partial charge < -0.3 is 0 Å². The van der Waals surface area contributed by atoms with E-state index in [2.05, 4.69) is 144 Å². The lowest BCUT2D eigenvalue weighted by atomic mass is 10.0. The Hall–Kier alpha value is -5.24. The van der Waals surface area contributed by atoms with Crippen LogP contribution in [-0.4, -0.2) is 9.97 Å². The molecular weight excluding hydrogens is 685 g/mol. The van der Waals surface area contributed by atoms with Gasteiger partial charge in [-0.2, -0.15) is 0 Å². The summed E-state index contributed by atoms with van der Waals surface area (Å²) >= 11 is 7.18. The van der Waals surface area contributed by atoms with Crippen molar-refractivity contribution in [2.75, 3.05) is 0 Å². The summed E-state index contributed by atoms with van der Waals surface area (Å²) in [6.45, 7) is 0. The molecule has 0 spiro atoms. The molecule has 6 heteroatoms. The van der Waals surface area contributed by atoms with Crippen LogP contribution in [0.5, 0.6) is 0 Å². The van der Waals surface area contributed by atoms with Crippen molar-refractivity contribution >= 4 is 74.9 Å². The number of hydrogen-bond donors (Lipinski definition) is 0. The Morgan fingerprint density at radius 3 is 1.18 bits per heavy atom. The van der Waals surface area contributed by atoms with E-state index in [1.54, 1.807) is 45.3 Å². The number of rotatable bonds is 6. The maximum atomic E-state index is 4.87. The van der Waals surface area contributed by atoms with Crippen LogP contribution in [0.1, 0.15) is 0 Å². The molecule has 0 saturated carbocycles. The molecule has 0 amide bonds. The number of benzene rings is 4. The highest BCUT2D eigenvalue weighted by molar-refractivity contribution is 7.31. The zero-order valence-electron chi connectivity index (χ0n) is 26.5. The number of hydrogen-bond acceptors (Lipinski definition) is 6. The van der Waals surface area contributed by atoms with E-state index in [9.17, 15) is 0 Å². The average molecular weight is 711 g/mol. The first kappa shape index (κ1) is 29.7. The predicted molar refractivity (Wildman–Crippen MR) is 219 cm³/mol. The van der Waals surface area contributed by atoms with Crippen molar-refractivity contribution in [1.29, 1.82) is 0 Å². The zero-order valence-corrected chi connectivity index (χ0v) is 29.8. The van der Waals surface area contributed by atoms with E-state index >= 15 is 0 Å². The molecule has 0 saturated heterocycles. The molecule has 0 bridgehead atoms. The van der Waals surface area contributed by atoms with Gasteiger partial charge in [-0.25, -0.2) is 0 Å². The maximum absolute atomic E-state index is 4.87. The Morgan fingerprint density at radius 2 is 0.760 bits per heavy atom. The van der Waals surface area contributed by atoms with E-state index in [0.717, 1.165) is 22.5 Å². The first-order valence-corrected chi connectivity index (χ1v) is 19.7. The van der Waals surface area contributed by atoms with Crippen molar-refractivity contribution in [3.63, 3.8) is 0 Å². The fourth-order valence-corrected chi connectivity index (χ4v) is 10.9. The Labute approximate surface area is 305 Å². The van der Waals surface area contributed by atoms with Crippen molar-refractivity contribution < 1.29 is 0 Å². The van der Waals surface area contributed by atoms with E-state index in [1.165, 1.54) is 72.7 Å². The van der Waals surface area contributed by atoms with Gasteiger partial charge in [0.2, 0.25) is 0 Å². The lowest BCUT2D eigenvalue weighted by molar-refractivity contribution is 1.34. The Bertz CT molecular complexity index is 2560. The highest BCUT2D eigenvalue weighted by Gasteiger charge is 2.13. The summed E-state index contributed by atoms with van der Waals surface area (Å²) in [6, 6.07) is 48.1. The SMILES string of the molecule is c1ccc2c(-c3ccc(-c4ccc(-c5cc6sc(-c7ccc(-c8ccc(-c9csc%10ccccc9%10)cc8)cn7)cc6s5)nc4)cc3)csc2c1. The number of nitrogens with zero attached hydrogens (tertiary/aromatic N) is 2. The summed E-state index contributed by atoms with van der Waals surface area (Å²) in [5, 5.41) is 7.14. The number of thiophene rings is 4. The highest BCUT2D eigenvalue weighted by Crippen LogP contribution is 2.42. The number of aromatic nitrogens is 2. The molecule has 10 aromatic rings. The molecule has 0 aliphatic heterocycles. The first-order chi connectivity index (χ1) is 24.7. The summed E-state index contributed by atoms with van der Waals surface area (Å²) in [6.07, 6.45) is 3.99. The van der Waals surface area contributed by atoms with Crippen LogP contribution < -0.4 is 0 Å². The molecule has 0 aliphatic rings. The molecule has 0 aliphatic carbocycles. The summed E-state index contributed by atoms with van der Waals surface area (Å²) in [5.74, 6) is 0. The molecule has 0 N–H and O–H groups in total. The highest BCUT2D eigenvalue weighted by atomic mass is 32.1. The van der Waals surface area contributed by atoms with Crippen LogP contribution in [0.4, 0.5) is 0 Å². The molecule has 0 unspecified atom stereocenters. The molecule has 2 nitrogen and oxygen atoms in total. The second kappa shape index (κ2) is 12.3. The maximum Gasteiger partial charge on any atom is 0.0802 e. The van der Waals surface area contributed by atoms with Gasteiger partial charge in [-0.15, -0.1) is 45.3 Å². The van der Waals surface area contributed by atoms with Crippen molar-refractivity contribution in [2.45, 2.75) is 0 Å². The molecule has 6 aromatic heterocycles. The third-order valence-corrected chi connectivity index (χ3v) is 13.5. The van der Waals surface area contributed by atoms with Crippen LogP contribution in [0.15, 0.2) is 157 Å². The van der Waals surface area contributed by atoms with Crippen LogP contribution in [0, 0.1) is 0 Å². The van der Waals surface area contributed by atoms with Crippen LogP contribution in [0.2, 0.25) is 0 Å².